The van der Waals surface area contributed by atoms with Crippen molar-refractivity contribution in [2.75, 3.05) is 13.6 Å². The van der Waals surface area contributed by atoms with Crippen LogP contribution in [0.3, 0.4) is 0 Å². The van der Waals surface area contributed by atoms with Crippen molar-refractivity contribution in [1.82, 2.24) is 10.6 Å². The van der Waals surface area contributed by atoms with Crippen molar-refractivity contribution in [1.29, 1.82) is 0 Å². The fourth-order valence-corrected chi connectivity index (χ4v) is 3.25. The maximum atomic E-state index is 12.0. The fourth-order valence-electron chi connectivity index (χ4n) is 3.25. The van der Waals surface area contributed by atoms with Gasteiger partial charge >= 0.3 is 0 Å². The number of carbonyl (C=O) groups is 1. The number of hydrogen-bond acceptors (Lipinski definition) is 2. The van der Waals surface area contributed by atoms with Gasteiger partial charge in [0, 0.05) is 18.5 Å². The molecule has 2 rings (SSSR count). The highest BCUT2D eigenvalue weighted by Gasteiger charge is 2.26. The van der Waals surface area contributed by atoms with Gasteiger partial charge in [-0.3, -0.25) is 4.79 Å². The first kappa shape index (κ1) is 12.9. The average Bonchev–Trinajstić information content (AvgIpc) is 2.89. The van der Waals surface area contributed by atoms with E-state index in [0.29, 0.717) is 11.9 Å². The standard InChI is InChI=1S/C14H26N2O/c1-15-13-8-6-12(7-9-13)14(17)16-10-11-4-2-3-5-11/h11-13,15H,2-10H2,1H3,(H,16,17). The summed E-state index contributed by atoms with van der Waals surface area (Å²) >= 11 is 0. The monoisotopic (exact) mass is 238 g/mol. The van der Waals surface area contributed by atoms with Crippen LogP contribution in [0.1, 0.15) is 51.4 Å². The van der Waals surface area contributed by atoms with Crippen LogP contribution >= 0.6 is 0 Å². The highest BCUT2D eigenvalue weighted by molar-refractivity contribution is 5.78. The third-order valence-corrected chi connectivity index (χ3v) is 4.55. The van der Waals surface area contributed by atoms with Crippen molar-refractivity contribution < 1.29 is 4.79 Å². The van der Waals surface area contributed by atoms with Crippen molar-refractivity contribution in [3.8, 4) is 0 Å². The predicted octanol–water partition coefficient (Wildman–Crippen LogP) is 2.07. The molecule has 0 unspecified atom stereocenters. The van der Waals surface area contributed by atoms with Crippen molar-refractivity contribution >= 4 is 5.91 Å². The molecule has 2 N–H and O–H groups in total. The van der Waals surface area contributed by atoms with Crippen LogP contribution in [0.25, 0.3) is 0 Å². The molecule has 0 aromatic carbocycles. The van der Waals surface area contributed by atoms with Gasteiger partial charge in [0.15, 0.2) is 0 Å². The second-order valence-corrected chi connectivity index (χ2v) is 5.73. The lowest BCUT2D eigenvalue weighted by atomic mass is 9.85. The van der Waals surface area contributed by atoms with E-state index >= 15 is 0 Å². The first-order valence-corrected chi connectivity index (χ1v) is 7.24. The largest absolute Gasteiger partial charge is 0.356 e. The van der Waals surface area contributed by atoms with Crippen LogP contribution in [-0.2, 0) is 4.79 Å². The Kier molecular flexibility index (Phi) is 4.84. The fraction of sp³-hybridized carbons (Fsp3) is 0.929. The summed E-state index contributed by atoms with van der Waals surface area (Å²) in [7, 11) is 2.02. The average molecular weight is 238 g/mol. The van der Waals surface area contributed by atoms with Gasteiger partial charge in [0.25, 0.3) is 0 Å². The van der Waals surface area contributed by atoms with Crippen LogP contribution in [0.2, 0.25) is 0 Å². The molecule has 2 fully saturated rings. The lowest BCUT2D eigenvalue weighted by Gasteiger charge is -2.27. The molecular weight excluding hydrogens is 212 g/mol. The summed E-state index contributed by atoms with van der Waals surface area (Å²) in [6, 6.07) is 0.633. The lowest BCUT2D eigenvalue weighted by Crippen LogP contribution is -2.38. The second-order valence-electron chi connectivity index (χ2n) is 5.73. The number of hydrogen-bond donors (Lipinski definition) is 2. The Morgan fingerprint density at radius 3 is 2.29 bits per heavy atom. The van der Waals surface area contributed by atoms with E-state index in [1.807, 2.05) is 7.05 Å². The van der Waals surface area contributed by atoms with E-state index in [0.717, 1.165) is 38.1 Å². The molecule has 0 radical (unpaired) electrons. The Morgan fingerprint density at radius 1 is 1.06 bits per heavy atom. The molecule has 0 bridgehead atoms. The normalized spacial score (nSPS) is 30.4. The van der Waals surface area contributed by atoms with Gasteiger partial charge in [-0.2, -0.15) is 0 Å². The lowest BCUT2D eigenvalue weighted by molar-refractivity contribution is -0.126. The van der Waals surface area contributed by atoms with E-state index in [1.165, 1.54) is 25.7 Å². The van der Waals surface area contributed by atoms with Crippen LogP contribution in [0.4, 0.5) is 0 Å². The first-order valence-electron chi connectivity index (χ1n) is 7.24. The zero-order valence-electron chi connectivity index (χ0n) is 11.0. The molecule has 3 nitrogen and oxygen atoms in total. The minimum Gasteiger partial charge on any atom is -0.356 e. The molecule has 0 aromatic rings. The summed E-state index contributed by atoms with van der Waals surface area (Å²) in [6.07, 6.45) is 9.75. The Morgan fingerprint density at radius 2 is 1.71 bits per heavy atom. The first-order chi connectivity index (χ1) is 8.29. The van der Waals surface area contributed by atoms with Crippen molar-refractivity contribution in [3.63, 3.8) is 0 Å². The zero-order valence-corrected chi connectivity index (χ0v) is 11.0. The van der Waals surface area contributed by atoms with E-state index in [-0.39, 0.29) is 5.92 Å². The number of rotatable bonds is 4. The molecule has 0 aliphatic heterocycles. The molecule has 3 heteroatoms. The molecule has 0 spiro atoms. The molecule has 0 aromatic heterocycles. The van der Waals surface area contributed by atoms with Gasteiger partial charge < -0.3 is 10.6 Å². The van der Waals surface area contributed by atoms with E-state index < -0.39 is 0 Å². The maximum absolute atomic E-state index is 12.0. The van der Waals surface area contributed by atoms with Crippen molar-refractivity contribution in [3.05, 3.63) is 0 Å². The van der Waals surface area contributed by atoms with Crippen LogP contribution < -0.4 is 10.6 Å². The summed E-state index contributed by atoms with van der Waals surface area (Å²) in [5.74, 6) is 1.35. The molecule has 2 aliphatic rings. The summed E-state index contributed by atoms with van der Waals surface area (Å²) < 4.78 is 0. The summed E-state index contributed by atoms with van der Waals surface area (Å²) in [4.78, 5) is 12.0. The van der Waals surface area contributed by atoms with Gasteiger partial charge in [-0.1, -0.05) is 12.8 Å². The Bertz CT molecular complexity index is 241. The van der Waals surface area contributed by atoms with Gasteiger partial charge in [-0.05, 0) is 51.5 Å². The van der Waals surface area contributed by atoms with Gasteiger partial charge in [0.05, 0.1) is 0 Å². The number of carbonyl (C=O) groups excluding carboxylic acids is 1. The topological polar surface area (TPSA) is 41.1 Å². The molecule has 17 heavy (non-hydrogen) atoms. The molecular formula is C14H26N2O. The van der Waals surface area contributed by atoms with E-state index in [4.69, 9.17) is 0 Å². The molecule has 98 valence electrons. The van der Waals surface area contributed by atoms with Crippen LogP contribution in [0.5, 0.6) is 0 Å². The van der Waals surface area contributed by atoms with Crippen molar-refractivity contribution in [2.24, 2.45) is 11.8 Å². The maximum Gasteiger partial charge on any atom is 0.223 e. The SMILES string of the molecule is CNC1CCC(C(=O)NCC2CCCC2)CC1. The predicted molar refractivity (Wildman–Crippen MR) is 69.8 cm³/mol. The summed E-state index contributed by atoms with van der Waals surface area (Å²) in [5.41, 5.74) is 0. The van der Waals surface area contributed by atoms with Gasteiger partial charge in [-0.15, -0.1) is 0 Å². The molecule has 0 atom stereocenters. The zero-order chi connectivity index (χ0) is 12.1. The number of amides is 1. The van der Waals surface area contributed by atoms with Gasteiger partial charge in [-0.25, -0.2) is 0 Å². The van der Waals surface area contributed by atoms with E-state index in [9.17, 15) is 4.79 Å². The summed E-state index contributed by atoms with van der Waals surface area (Å²) in [5, 5.41) is 6.48. The minimum atomic E-state index is 0.279. The summed E-state index contributed by atoms with van der Waals surface area (Å²) in [6.45, 7) is 0.921. The number of nitrogens with one attached hydrogen (secondary N) is 2. The molecule has 2 aliphatic carbocycles. The third kappa shape index (κ3) is 3.70. The molecule has 1 amide bonds. The van der Waals surface area contributed by atoms with Crippen LogP contribution in [-0.4, -0.2) is 25.5 Å². The smallest absolute Gasteiger partial charge is 0.223 e. The Hall–Kier alpha value is -0.570. The molecule has 0 heterocycles. The second kappa shape index (κ2) is 6.39. The van der Waals surface area contributed by atoms with Gasteiger partial charge in [0.2, 0.25) is 5.91 Å². The van der Waals surface area contributed by atoms with E-state index in [1.54, 1.807) is 0 Å². The Labute approximate surface area is 105 Å². The highest BCUT2D eigenvalue weighted by atomic mass is 16.1. The third-order valence-electron chi connectivity index (χ3n) is 4.55. The van der Waals surface area contributed by atoms with Crippen LogP contribution in [0.15, 0.2) is 0 Å². The Balaban J connectivity index is 1.66. The van der Waals surface area contributed by atoms with E-state index in [2.05, 4.69) is 10.6 Å². The quantitative estimate of drug-likeness (QED) is 0.787. The molecule has 0 saturated heterocycles. The minimum absolute atomic E-state index is 0.279. The molecule has 2 saturated carbocycles. The van der Waals surface area contributed by atoms with Gasteiger partial charge in [0.1, 0.15) is 0 Å². The van der Waals surface area contributed by atoms with Crippen molar-refractivity contribution in [2.45, 2.75) is 57.4 Å². The van der Waals surface area contributed by atoms with Crippen LogP contribution in [0, 0.1) is 11.8 Å². The highest BCUT2D eigenvalue weighted by Crippen LogP contribution is 2.26.